The summed E-state index contributed by atoms with van der Waals surface area (Å²) in [5.74, 6) is -0.154. The topological polar surface area (TPSA) is 94.3 Å². The third kappa shape index (κ3) is 3.61. The summed E-state index contributed by atoms with van der Waals surface area (Å²) >= 11 is 0. The molecule has 9 heteroatoms. The standard InChI is InChI=1S/C19H22N6O3/c1-23-18-14(12-21-23)19(27)25(13-20-18)7-6-17(26)22-15-4-2-3-5-16(15)24-8-10-28-11-9-24/h2-5,12-13H,6-11H2,1H3,(H,22,26). The first kappa shape index (κ1) is 18.2. The SMILES string of the molecule is Cn1ncc2c(=O)n(CCC(=O)Nc3ccccc3N3CCOCC3)cnc21. The summed E-state index contributed by atoms with van der Waals surface area (Å²) in [7, 11) is 1.73. The summed E-state index contributed by atoms with van der Waals surface area (Å²) in [6, 6.07) is 7.73. The lowest BCUT2D eigenvalue weighted by Gasteiger charge is -2.30. The van der Waals surface area contributed by atoms with Crippen LogP contribution in [0.25, 0.3) is 11.0 Å². The van der Waals surface area contributed by atoms with E-state index in [1.165, 1.54) is 17.1 Å². The zero-order valence-electron chi connectivity index (χ0n) is 15.7. The van der Waals surface area contributed by atoms with E-state index in [4.69, 9.17) is 4.74 Å². The molecule has 0 atom stereocenters. The molecule has 0 aliphatic carbocycles. The van der Waals surface area contributed by atoms with E-state index < -0.39 is 0 Å². The highest BCUT2D eigenvalue weighted by atomic mass is 16.5. The van der Waals surface area contributed by atoms with Crippen molar-refractivity contribution in [2.45, 2.75) is 13.0 Å². The second-order valence-electron chi connectivity index (χ2n) is 6.66. The minimum Gasteiger partial charge on any atom is -0.378 e. The Bertz CT molecular complexity index is 1050. The molecule has 3 heterocycles. The van der Waals surface area contributed by atoms with E-state index >= 15 is 0 Å². The summed E-state index contributed by atoms with van der Waals surface area (Å²) in [6.07, 6.45) is 3.13. The largest absolute Gasteiger partial charge is 0.378 e. The quantitative estimate of drug-likeness (QED) is 0.707. The molecule has 1 aliphatic heterocycles. The molecule has 0 unspecified atom stereocenters. The summed E-state index contributed by atoms with van der Waals surface area (Å²) in [5.41, 5.74) is 2.09. The van der Waals surface area contributed by atoms with Gasteiger partial charge in [-0.2, -0.15) is 5.10 Å². The van der Waals surface area contributed by atoms with Gasteiger partial charge in [0.15, 0.2) is 5.65 Å². The Morgan fingerprint density at radius 1 is 1.25 bits per heavy atom. The van der Waals surface area contributed by atoms with Crippen LogP contribution in [0.15, 0.2) is 41.6 Å². The minimum atomic E-state index is -0.195. The van der Waals surface area contributed by atoms with Crippen molar-refractivity contribution in [1.29, 1.82) is 0 Å². The molecule has 4 rings (SSSR count). The van der Waals surface area contributed by atoms with Crippen molar-refractivity contribution >= 4 is 28.3 Å². The fourth-order valence-corrected chi connectivity index (χ4v) is 3.32. The maximum absolute atomic E-state index is 12.5. The van der Waals surface area contributed by atoms with Crippen molar-refractivity contribution in [1.82, 2.24) is 19.3 Å². The first-order valence-corrected chi connectivity index (χ1v) is 9.22. The zero-order valence-corrected chi connectivity index (χ0v) is 15.7. The zero-order chi connectivity index (χ0) is 19.5. The Morgan fingerprint density at radius 2 is 2.04 bits per heavy atom. The van der Waals surface area contributed by atoms with E-state index in [1.54, 1.807) is 11.7 Å². The molecular formula is C19H22N6O3. The fraction of sp³-hybridized carbons (Fsp3) is 0.368. The Hall–Kier alpha value is -3.20. The van der Waals surface area contributed by atoms with Crippen molar-refractivity contribution in [3.63, 3.8) is 0 Å². The molecule has 1 aliphatic rings. The van der Waals surface area contributed by atoms with E-state index in [0.29, 0.717) is 24.2 Å². The predicted molar refractivity (Wildman–Crippen MR) is 105 cm³/mol. The lowest BCUT2D eigenvalue weighted by atomic mass is 10.2. The van der Waals surface area contributed by atoms with Gasteiger partial charge < -0.3 is 15.0 Å². The highest BCUT2D eigenvalue weighted by Gasteiger charge is 2.16. The second kappa shape index (κ2) is 7.81. The molecule has 1 aromatic carbocycles. The van der Waals surface area contributed by atoms with Crippen LogP contribution < -0.4 is 15.8 Å². The number of aromatic nitrogens is 4. The van der Waals surface area contributed by atoms with Crippen LogP contribution in [0.2, 0.25) is 0 Å². The van der Waals surface area contributed by atoms with Gasteiger partial charge in [0.25, 0.3) is 5.56 Å². The Kier molecular flexibility index (Phi) is 5.07. The number of ether oxygens (including phenoxy) is 1. The van der Waals surface area contributed by atoms with Crippen molar-refractivity contribution in [3.8, 4) is 0 Å². The number of para-hydroxylation sites is 2. The number of benzene rings is 1. The molecule has 2 aromatic heterocycles. The number of amides is 1. The van der Waals surface area contributed by atoms with Gasteiger partial charge in [0.1, 0.15) is 5.39 Å². The van der Waals surface area contributed by atoms with Gasteiger partial charge in [-0.3, -0.25) is 18.8 Å². The van der Waals surface area contributed by atoms with E-state index in [2.05, 4.69) is 20.3 Å². The maximum atomic E-state index is 12.5. The number of aryl methyl sites for hydroxylation is 2. The summed E-state index contributed by atoms with van der Waals surface area (Å²) in [6.45, 7) is 3.18. The smallest absolute Gasteiger partial charge is 0.264 e. The van der Waals surface area contributed by atoms with Crippen LogP contribution in [0.5, 0.6) is 0 Å². The van der Waals surface area contributed by atoms with Crippen LogP contribution in [-0.2, 0) is 23.1 Å². The number of morpholine rings is 1. The minimum absolute atomic E-state index is 0.154. The molecular weight excluding hydrogens is 360 g/mol. The first-order chi connectivity index (χ1) is 13.6. The van der Waals surface area contributed by atoms with Crippen molar-refractivity contribution in [2.24, 2.45) is 7.05 Å². The number of hydrogen-bond donors (Lipinski definition) is 1. The van der Waals surface area contributed by atoms with Gasteiger partial charge in [0.05, 0.1) is 37.1 Å². The molecule has 3 aromatic rings. The molecule has 9 nitrogen and oxygen atoms in total. The highest BCUT2D eigenvalue weighted by molar-refractivity contribution is 5.94. The molecule has 146 valence electrons. The van der Waals surface area contributed by atoms with Crippen LogP contribution in [0, 0.1) is 0 Å². The van der Waals surface area contributed by atoms with Crippen LogP contribution >= 0.6 is 0 Å². The van der Waals surface area contributed by atoms with Crippen molar-refractivity contribution in [2.75, 3.05) is 36.5 Å². The molecule has 1 fully saturated rings. The lowest BCUT2D eigenvalue weighted by molar-refractivity contribution is -0.116. The molecule has 1 N–H and O–H groups in total. The highest BCUT2D eigenvalue weighted by Crippen LogP contribution is 2.26. The normalized spacial score (nSPS) is 14.4. The predicted octanol–water partition coefficient (Wildman–Crippen LogP) is 0.995. The fourth-order valence-electron chi connectivity index (χ4n) is 3.32. The van der Waals surface area contributed by atoms with Crippen LogP contribution in [-0.4, -0.2) is 51.5 Å². The third-order valence-corrected chi connectivity index (χ3v) is 4.83. The Labute approximate surface area is 161 Å². The number of nitrogens with zero attached hydrogens (tertiary/aromatic N) is 5. The van der Waals surface area contributed by atoms with E-state index in [9.17, 15) is 9.59 Å². The van der Waals surface area contributed by atoms with Gasteiger partial charge in [-0.1, -0.05) is 12.1 Å². The molecule has 0 bridgehead atoms. The van der Waals surface area contributed by atoms with Gasteiger partial charge in [-0.15, -0.1) is 0 Å². The second-order valence-corrected chi connectivity index (χ2v) is 6.66. The van der Waals surface area contributed by atoms with Gasteiger partial charge in [0.2, 0.25) is 5.91 Å². The summed E-state index contributed by atoms with van der Waals surface area (Å²) in [4.78, 5) is 31.4. The number of rotatable bonds is 5. The maximum Gasteiger partial charge on any atom is 0.264 e. The first-order valence-electron chi connectivity index (χ1n) is 9.22. The number of fused-ring (bicyclic) bond motifs is 1. The van der Waals surface area contributed by atoms with Gasteiger partial charge >= 0.3 is 0 Å². The van der Waals surface area contributed by atoms with Gasteiger partial charge in [-0.25, -0.2) is 4.98 Å². The average Bonchev–Trinajstić information content (AvgIpc) is 3.10. The summed E-state index contributed by atoms with van der Waals surface area (Å²) < 4.78 is 8.39. The number of carbonyl (C=O) groups excluding carboxylic acids is 1. The molecule has 1 saturated heterocycles. The van der Waals surface area contributed by atoms with E-state index in [1.807, 2.05) is 24.3 Å². The lowest BCUT2D eigenvalue weighted by Crippen LogP contribution is -2.36. The van der Waals surface area contributed by atoms with Gasteiger partial charge in [-0.05, 0) is 12.1 Å². The number of anilines is 2. The molecule has 1 amide bonds. The Balaban J connectivity index is 1.44. The summed E-state index contributed by atoms with van der Waals surface area (Å²) in [5, 5.41) is 7.46. The number of hydrogen-bond acceptors (Lipinski definition) is 6. The third-order valence-electron chi connectivity index (χ3n) is 4.83. The van der Waals surface area contributed by atoms with Crippen molar-refractivity contribution < 1.29 is 9.53 Å². The number of carbonyl (C=O) groups is 1. The average molecular weight is 382 g/mol. The van der Waals surface area contributed by atoms with Crippen LogP contribution in [0.3, 0.4) is 0 Å². The monoisotopic (exact) mass is 382 g/mol. The molecule has 0 spiro atoms. The molecule has 0 saturated carbocycles. The van der Waals surface area contributed by atoms with Gasteiger partial charge in [0, 0.05) is 33.1 Å². The molecule has 28 heavy (non-hydrogen) atoms. The Morgan fingerprint density at radius 3 is 2.86 bits per heavy atom. The van der Waals surface area contributed by atoms with Crippen LogP contribution in [0.4, 0.5) is 11.4 Å². The van der Waals surface area contributed by atoms with Crippen molar-refractivity contribution in [3.05, 3.63) is 47.1 Å². The number of nitrogens with one attached hydrogen (secondary N) is 1. The molecule has 0 radical (unpaired) electrons. The van der Waals surface area contributed by atoms with E-state index in [-0.39, 0.29) is 24.4 Å². The van der Waals surface area contributed by atoms with E-state index in [0.717, 1.165) is 24.5 Å². The van der Waals surface area contributed by atoms with Crippen LogP contribution in [0.1, 0.15) is 6.42 Å².